The van der Waals surface area contributed by atoms with Gasteiger partial charge in [0.2, 0.25) is 5.72 Å². The monoisotopic (exact) mass is 290 g/mol. The minimum Gasteiger partial charge on any atom is -0.480 e. The van der Waals surface area contributed by atoms with E-state index in [1.54, 1.807) is 6.26 Å². The van der Waals surface area contributed by atoms with E-state index in [1.165, 1.54) is 11.3 Å². The van der Waals surface area contributed by atoms with E-state index in [-0.39, 0.29) is 5.72 Å². The van der Waals surface area contributed by atoms with Crippen molar-refractivity contribution in [1.29, 1.82) is 0 Å². The highest BCUT2D eigenvalue weighted by atomic mass is 16.5. The molecule has 2 heterocycles. The molecule has 0 amide bonds. The van der Waals surface area contributed by atoms with Gasteiger partial charge in [-0.3, -0.25) is 4.79 Å². The summed E-state index contributed by atoms with van der Waals surface area (Å²) in [6.45, 7) is -0.505. The molecule has 21 heavy (non-hydrogen) atoms. The number of hydrogen-bond acceptors (Lipinski definition) is 5. The first-order valence-corrected chi connectivity index (χ1v) is 6.54. The molecule has 6 heteroatoms. The number of anilines is 1. The van der Waals surface area contributed by atoms with Gasteiger partial charge in [0.25, 0.3) is 0 Å². The first kappa shape index (κ1) is 15.1. The first-order valence-electron chi connectivity index (χ1n) is 6.54. The Balaban J connectivity index is 0.000000199. The van der Waals surface area contributed by atoms with Crippen LogP contribution in [0.5, 0.6) is 0 Å². The molecule has 0 saturated carbocycles. The third-order valence-electron chi connectivity index (χ3n) is 3.16. The van der Waals surface area contributed by atoms with Crippen molar-refractivity contribution in [3.63, 3.8) is 0 Å². The van der Waals surface area contributed by atoms with Crippen LogP contribution in [0.4, 0.5) is 5.69 Å². The number of nitrogens with one attached hydrogen (secondary N) is 1. The van der Waals surface area contributed by atoms with Crippen LogP contribution in [0.25, 0.3) is 0 Å². The van der Waals surface area contributed by atoms with E-state index in [2.05, 4.69) is 29.6 Å². The lowest BCUT2D eigenvalue weighted by Crippen LogP contribution is -2.36. The van der Waals surface area contributed by atoms with Crippen molar-refractivity contribution in [3.05, 3.63) is 54.3 Å². The molecule has 1 unspecified atom stereocenters. The molecule has 1 aromatic carbocycles. The maximum Gasteiger partial charge on any atom is 0.322 e. The van der Waals surface area contributed by atoms with Crippen molar-refractivity contribution in [2.45, 2.75) is 18.2 Å². The number of rotatable bonds is 2. The number of carboxylic acid groups (broad SMARTS) is 1. The number of ether oxygens (including phenoxy) is 1. The van der Waals surface area contributed by atoms with E-state index >= 15 is 0 Å². The van der Waals surface area contributed by atoms with E-state index in [0.717, 1.165) is 6.42 Å². The van der Waals surface area contributed by atoms with Crippen LogP contribution in [0, 0.1) is 0 Å². The number of hydrogen-bond donors (Lipinski definition) is 4. The predicted molar refractivity (Wildman–Crippen MR) is 78.6 cm³/mol. The summed E-state index contributed by atoms with van der Waals surface area (Å²) in [6, 6.07) is 7.18. The smallest absolute Gasteiger partial charge is 0.322 e. The van der Waals surface area contributed by atoms with Crippen molar-refractivity contribution in [3.8, 4) is 0 Å². The fourth-order valence-corrected chi connectivity index (χ4v) is 2.06. The molecule has 0 saturated heterocycles. The highest BCUT2D eigenvalue weighted by molar-refractivity contribution is 5.73. The summed E-state index contributed by atoms with van der Waals surface area (Å²) in [5, 5.41) is 19.3. The van der Waals surface area contributed by atoms with Crippen LogP contribution in [0.3, 0.4) is 0 Å². The molecule has 0 bridgehead atoms. The van der Waals surface area contributed by atoms with Crippen molar-refractivity contribution in [2.75, 3.05) is 11.9 Å². The van der Waals surface area contributed by atoms with Gasteiger partial charge >= 0.3 is 5.97 Å². The Labute approximate surface area is 122 Å². The third-order valence-corrected chi connectivity index (χ3v) is 3.16. The van der Waals surface area contributed by atoms with E-state index in [4.69, 9.17) is 20.7 Å². The number of benzene rings is 1. The number of aliphatic carboxylic acids is 1. The summed E-state index contributed by atoms with van der Waals surface area (Å²) < 4.78 is 5.63. The molecule has 112 valence electrons. The fraction of sp³-hybridized carbons (Fsp3) is 0.267. The average Bonchev–Trinajstić information content (AvgIpc) is 2.84. The van der Waals surface area contributed by atoms with Crippen molar-refractivity contribution >= 4 is 11.7 Å². The fourth-order valence-electron chi connectivity index (χ4n) is 2.06. The summed E-state index contributed by atoms with van der Waals surface area (Å²) in [5.74, 6) is -1.18. The van der Waals surface area contributed by atoms with Gasteiger partial charge in [0.1, 0.15) is 6.04 Å². The molecule has 1 aromatic rings. The average molecular weight is 290 g/mol. The van der Waals surface area contributed by atoms with Gasteiger partial charge in [0.15, 0.2) is 0 Å². The number of aliphatic hydroxyl groups excluding tert-OH is 1. The number of aliphatic hydroxyl groups is 1. The van der Waals surface area contributed by atoms with Crippen molar-refractivity contribution in [2.24, 2.45) is 5.73 Å². The molecule has 0 aromatic heterocycles. The molecule has 3 rings (SSSR count). The Morgan fingerprint density at radius 3 is 2.71 bits per heavy atom. The second-order valence-electron chi connectivity index (χ2n) is 4.78. The lowest BCUT2D eigenvalue weighted by atomic mass is 10.1. The Bertz CT molecular complexity index is 544. The SMILES string of the molecule is C1=COC2(C=C1)Cc1ccccc1N2.N[C@@H](CO)C(=O)O. The van der Waals surface area contributed by atoms with Gasteiger partial charge in [0, 0.05) is 12.1 Å². The number of carboxylic acids is 1. The highest BCUT2D eigenvalue weighted by Crippen LogP contribution is 2.35. The molecule has 0 fully saturated rings. The lowest BCUT2D eigenvalue weighted by molar-refractivity contribution is -0.139. The minimum absolute atomic E-state index is 0.335. The van der Waals surface area contributed by atoms with E-state index < -0.39 is 18.6 Å². The second-order valence-corrected chi connectivity index (χ2v) is 4.78. The van der Waals surface area contributed by atoms with Gasteiger partial charge in [-0.1, -0.05) is 24.3 Å². The molecular formula is C15H18N2O4. The van der Waals surface area contributed by atoms with Gasteiger partial charge in [0.05, 0.1) is 12.9 Å². The van der Waals surface area contributed by atoms with Crippen molar-refractivity contribution in [1.82, 2.24) is 0 Å². The van der Waals surface area contributed by atoms with Crippen LogP contribution in [0.15, 0.2) is 48.8 Å². The zero-order valence-corrected chi connectivity index (χ0v) is 11.4. The zero-order valence-electron chi connectivity index (χ0n) is 11.4. The minimum atomic E-state index is -1.18. The number of nitrogens with two attached hydrogens (primary N) is 1. The van der Waals surface area contributed by atoms with E-state index in [0.29, 0.717) is 0 Å². The van der Waals surface area contributed by atoms with E-state index in [1.807, 2.05) is 18.2 Å². The second kappa shape index (κ2) is 6.43. The van der Waals surface area contributed by atoms with Gasteiger partial charge in [-0.15, -0.1) is 0 Å². The van der Waals surface area contributed by atoms with Crippen LogP contribution in [-0.2, 0) is 16.0 Å². The summed E-state index contributed by atoms with van der Waals surface area (Å²) in [7, 11) is 0. The number of fused-ring (bicyclic) bond motifs is 1. The maximum absolute atomic E-state index is 9.65. The molecule has 6 nitrogen and oxygen atoms in total. The molecule has 2 aliphatic heterocycles. The molecule has 5 N–H and O–H groups in total. The highest BCUT2D eigenvalue weighted by Gasteiger charge is 2.36. The topological polar surface area (TPSA) is 105 Å². The number of para-hydroxylation sites is 1. The predicted octanol–water partition coefficient (Wildman–Crippen LogP) is 0.842. The molecule has 2 aliphatic rings. The number of allylic oxidation sites excluding steroid dienone is 2. The van der Waals surface area contributed by atoms with Gasteiger partial charge < -0.3 is 26.0 Å². The van der Waals surface area contributed by atoms with Crippen LogP contribution in [0.1, 0.15) is 5.56 Å². The Kier molecular flexibility index (Phi) is 4.62. The normalized spacial score (nSPS) is 22.6. The maximum atomic E-state index is 9.65. The standard InChI is InChI=1S/C12H11NO.C3H7NO3/c1-2-6-11-10(5-1)9-12(13-11)7-3-4-8-14-12;4-2(1-5)3(6)7/h1-8,13H,9H2;2,5H,1,4H2,(H,6,7)/t;2-/m.0/s1. The summed E-state index contributed by atoms with van der Waals surface area (Å²) >= 11 is 0. The molecule has 0 aliphatic carbocycles. The Morgan fingerprint density at radius 2 is 2.19 bits per heavy atom. The summed E-state index contributed by atoms with van der Waals surface area (Å²) in [6.07, 6.45) is 8.61. The van der Waals surface area contributed by atoms with Crippen LogP contribution >= 0.6 is 0 Å². The third kappa shape index (κ3) is 3.62. The lowest BCUT2D eigenvalue weighted by Gasteiger charge is -2.27. The largest absolute Gasteiger partial charge is 0.480 e. The molecular weight excluding hydrogens is 272 g/mol. The van der Waals surface area contributed by atoms with Gasteiger partial charge in [-0.25, -0.2) is 0 Å². The van der Waals surface area contributed by atoms with E-state index in [9.17, 15) is 4.79 Å². The van der Waals surface area contributed by atoms with Crippen LogP contribution in [0.2, 0.25) is 0 Å². The quantitative estimate of drug-likeness (QED) is 0.643. The van der Waals surface area contributed by atoms with Gasteiger partial charge in [-0.05, 0) is 23.8 Å². The first-order chi connectivity index (χ1) is 10.1. The number of carbonyl (C=O) groups is 1. The molecule has 0 radical (unpaired) electrons. The summed E-state index contributed by atoms with van der Waals surface area (Å²) in [4.78, 5) is 9.65. The Hall–Kier alpha value is -2.31. The molecule has 2 atom stereocenters. The van der Waals surface area contributed by atoms with Crippen LogP contribution in [-0.4, -0.2) is 34.6 Å². The van der Waals surface area contributed by atoms with Crippen molar-refractivity contribution < 1.29 is 19.7 Å². The zero-order chi connectivity index (χ0) is 15.3. The van der Waals surface area contributed by atoms with Crippen LogP contribution < -0.4 is 11.1 Å². The Morgan fingerprint density at radius 1 is 1.43 bits per heavy atom. The van der Waals surface area contributed by atoms with Gasteiger partial charge in [-0.2, -0.15) is 0 Å². The molecule has 1 spiro atoms. The summed E-state index contributed by atoms with van der Waals surface area (Å²) in [5.41, 5.74) is 6.92.